The molecule has 1 aromatic heterocycles. The fourth-order valence-corrected chi connectivity index (χ4v) is 4.25. The van der Waals surface area contributed by atoms with Crippen LogP contribution in [0.2, 0.25) is 5.32 Å². The number of aliphatic carboxylic acids is 3. The van der Waals surface area contributed by atoms with E-state index in [2.05, 4.69) is 21.0 Å². The van der Waals surface area contributed by atoms with E-state index in [1.807, 2.05) is 0 Å². The molecule has 168 valence electrons. The summed E-state index contributed by atoms with van der Waals surface area (Å²) in [7, 11) is 5.20. The van der Waals surface area contributed by atoms with Gasteiger partial charge in [-0.05, 0) is 0 Å². The molecule has 1 amide bonds. The quantitative estimate of drug-likeness (QED) is 0.178. The van der Waals surface area contributed by atoms with Crippen molar-refractivity contribution in [2.75, 3.05) is 21.1 Å². The number of H-pyrrole nitrogens is 1. The van der Waals surface area contributed by atoms with Crippen molar-refractivity contribution in [2.45, 2.75) is 42.7 Å². The Morgan fingerprint density at radius 1 is 1.17 bits per heavy atom. The summed E-state index contributed by atoms with van der Waals surface area (Å²) in [5, 5.41) is 35.6. The zero-order valence-corrected chi connectivity index (χ0v) is 18.7. The van der Waals surface area contributed by atoms with E-state index in [0.29, 0.717) is 10.4 Å². The van der Waals surface area contributed by atoms with Gasteiger partial charge in [0.1, 0.15) is 0 Å². The predicted octanol–water partition coefficient (Wildman–Crippen LogP) is -7.10. The van der Waals surface area contributed by atoms with Crippen molar-refractivity contribution in [3.05, 3.63) is 11.9 Å². The van der Waals surface area contributed by atoms with Crippen LogP contribution in [0.4, 0.5) is 0 Å². The number of carboxylic acids is 3. The standard InChI is InChI=1S/C17H27N5O7Se/c1-22(2,3)12(16(28)29)6-9-7-19-17(20-9)30-8-11(15(26)27)21-13(23)5-4-10(18)14(24)25/h7,10-12H,4-6,8,18H2,1-3H3,(H4-,19,20,21,23,24,25,26,27,28,29)/p-1/t10-,11-,12-/m0/s1. The topological polar surface area (TPSA) is 206 Å². The van der Waals surface area contributed by atoms with Crippen LogP contribution in [0.15, 0.2) is 6.20 Å². The summed E-state index contributed by atoms with van der Waals surface area (Å²) in [4.78, 5) is 52.3. The van der Waals surface area contributed by atoms with Crippen molar-refractivity contribution in [1.82, 2.24) is 15.3 Å². The summed E-state index contributed by atoms with van der Waals surface area (Å²) >= 11 is -0.469. The number of carboxylic acid groups (broad SMARTS) is 3. The molecule has 0 spiro atoms. The van der Waals surface area contributed by atoms with Crippen molar-refractivity contribution in [1.29, 1.82) is 0 Å². The second kappa shape index (κ2) is 11.1. The molecule has 0 aliphatic heterocycles. The Morgan fingerprint density at radius 3 is 2.30 bits per heavy atom. The second-order valence-electron chi connectivity index (χ2n) is 7.67. The summed E-state index contributed by atoms with van der Waals surface area (Å²) in [6.07, 6.45) is 1.37. The van der Waals surface area contributed by atoms with Crippen LogP contribution < -0.4 is 31.1 Å². The number of nitrogens with one attached hydrogen (secondary N) is 2. The molecule has 13 heteroatoms. The van der Waals surface area contributed by atoms with Gasteiger partial charge in [0, 0.05) is 0 Å². The van der Waals surface area contributed by atoms with E-state index in [0.717, 1.165) is 0 Å². The first-order chi connectivity index (χ1) is 13.8. The summed E-state index contributed by atoms with van der Waals surface area (Å²) in [5.41, 5.74) is 3.90. The molecule has 12 nitrogen and oxygen atoms in total. The molecule has 1 rings (SSSR count). The predicted molar refractivity (Wildman–Crippen MR) is 97.2 cm³/mol. The fourth-order valence-electron chi connectivity index (χ4n) is 2.42. The van der Waals surface area contributed by atoms with Crippen molar-refractivity contribution < 1.29 is 44.7 Å². The Bertz CT molecular complexity index is 777. The normalized spacial score (nSPS) is 14.5. The zero-order chi connectivity index (χ0) is 23.1. The van der Waals surface area contributed by atoms with Crippen LogP contribution in [0.3, 0.4) is 0 Å². The number of nitrogens with zero attached hydrogens (tertiary/aromatic N) is 2. The molecule has 0 bridgehead atoms. The van der Waals surface area contributed by atoms with E-state index >= 15 is 0 Å². The van der Waals surface area contributed by atoms with E-state index in [4.69, 9.17) is 0 Å². The number of aromatic amines is 1. The average Bonchev–Trinajstić information content (AvgIpc) is 3.07. The van der Waals surface area contributed by atoms with Gasteiger partial charge in [0.25, 0.3) is 0 Å². The van der Waals surface area contributed by atoms with Crippen LogP contribution >= 0.6 is 0 Å². The molecule has 30 heavy (non-hydrogen) atoms. The molecule has 0 aliphatic rings. The van der Waals surface area contributed by atoms with E-state index in [1.165, 1.54) is 6.20 Å². The second-order valence-corrected chi connectivity index (χ2v) is 9.79. The van der Waals surface area contributed by atoms with E-state index in [1.54, 1.807) is 21.1 Å². The van der Waals surface area contributed by atoms with Crippen molar-refractivity contribution in [3.63, 3.8) is 0 Å². The third kappa shape index (κ3) is 8.49. The molecule has 0 aromatic carbocycles. The molecular weight excluding hydrogens is 465 g/mol. The Labute approximate surface area is 179 Å². The monoisotopic (exact) mass is 492 g/mol. The first-order valence-electron chi connectivity index (χ1n) is 9.04. The Balaban J connectivity index is 2.63. The van der Waals surface area contributed by atoms with Crippen molar-refractivity contribution in [2.24, 2.45) is 0 Å². The molecule has 0 saturated heterocycles. The maximum absolute atomic E-state index is 11.9. The molecule has 0 saturated carbocycles. The summed E-state index contributed by atoms with van der Waals surface area (Å²) in [6, 6.07) is -3.13. The van der Waals surface area contributed by atoms with Crippen LogP contribution in [-0.2, 0) is 25.6 Å². The first kappa shape index (κ1) is 25.6. The van der Waals surface area contributed by atoms with Gasteiger partial charge in [-0.2, -0.15) is 0 Å². The number of hydrogen-bond donors (Lipinski definition) is 3. The van der Waals surface area contributed by atoms with Gasteiger partial charge in [-0.25, -0.2) is 0 Å². The minimum absolute atomic E-state index is 0.0432. The van der Waals surface area contributed by atoms with Gasteiger partial charge in [0.2, 0.25) is 0 Å². The van der Waals surface area contributed by atoms with Gasteiger partial charge < -0.3 is 0 Å². The van der Waals surface area contributed by atoms with Crippen molar-refractivity contribution in [3.8, 4) is 0 Å². The molecule has 0 fully saturated rings. The molecule has 1 heterocycles. The molecular formula is C17H26N5O7Se-. The van der Waals surface area contributed by atoms with Gasteiger partial charge in [-0.15, -0.1) is 0 Å². The number of carbonyl (C=O) groups is 4. The molecule has 3 atom stereocenters. The van der Waals surface area contributed by atoms with Crippen LogP contribution in [0.1, 0.15) is 18.5 Å². The average molecular weight is 491 g/mol. The van der Waals surface area contributed by atoms with Gasteiger partial charge >= 0.3 is 179 Å². The van der Waals surface area contributed by atoms with Crippen LogP contribution in [-0.4, -0.2) is 92.5 Å². The van der Waals surface area contributed by atoms with E-state index in [9.17, 15) is 34.5 Å². The molecule has 0 radical (unpaired) electrons. The Hall–Kier alpha value is -2.47. The van der Waals surface area contributed by atoms with E-state index in [-0.39, 0.29) is 29.1 Å². The number of rotatable bonds is 13. The minimum atomic E-state index is -1.47. The SMILES string of the molecule is C[N+](C)(C)[C@@H](Cc1cnc([Se]C[C@H](NC(=O)CC[C@H]([NH3+])C(=O)[O-])C(=O)[O-])[nH]1)C(=O)[O-]. The zero-order valence-electron chi connectivity index (χ0n) is 17.0. The number of imidazole rings is 1. The van der Waals surface area contributed by atoms with Crippen LogP contribution in [0.5, 0.6) is 0 Å². The summed E-state index contributed by atoms with van der Waals surface area (Å²) < 4.78 is 0.651. The van der Waals surface area contributed by atoms with Gasteiger partial charge in [-0.3, -0.25) is 0 Å². The van der Waals surface area contributed by atoms with Gasteiger partial charge in [0.15, 0.2) is 0 Å². The van der Waals surface area contributed by atoms with Crippen LogP contribution in [0.25, 0.3) is 0 Å². The number of quaternary nitrogens is 2. The Kier molecular flexibility index (Phi) is 9.43. The van der Waals surface area contributed by atoms with Crippen molar-refractivity contribution >= 4 is 43.5 Å². The third-order valence-electron chi connectivity index (χ3n) is 4.29. The molecule has 0 aliphatic carbocycles. The van der Waals surface area contributed by atoms with Gasteiger partial charge in [0.05, 0.1) is 0 Å². The van der Waals surface area contributed by atoms with E-state index < -0.39 is 56.9 Å². The molecule has 5 N–H and O–H groups in total. The van der Waals surface area contributed by atoms with Crippen LogP contribution in [0, 0.1) is 0 Å². The number of amides is 1. The summed E-state index contributed by atoms with van der Waals surface area (Å²) in [6.45, 7) is 0. The number of likely N-dealkylation sites (N-methyl/N-ethyl adjacent to an activating group) is 1. The Morgan fingerprint density at radius 2 is 1.80 bits per heavy atom. The summed E-state index contributed by atoms with van der Waals surface area (Å²) in [5.74, 6) is -4.67. The first-order valence-corrected chi connectivity index (χ1v) is 11.1. The third-order valence-corrected chi connectivity index (χ3v) is 6.34. The fraction of sp³-hybridized carbons (Fsp3) is 0.588. The number of hydrogen-bond acceptors (Lipinski definition) is 8. The molecule has 1 aromatic rings. The maximum atomic E-state index is 11.9. The molecule has 0 unspecified atom stereocenters. The van der Waals surface area contributed by atoms with Gasteiger partial charge in [-0.1, -0.05) is 0 Å². The number of aromatic nitrogens is 2. The number of carbonyl (C=O) groups excluding carboxylic acids is 4.